The topological polar surface area (TPSA) is 34.1 Å². The van der Waals surface area contributed by atoms with Crippen LogP contribution in [0.1, 0.15) is 48.5 Å². The quantitative estimate of drug-likeness (QED) is 0.841. The number of hydrogen-bond donors (Lipinski definition) is 1. The van der Waals surface area contributed by atoms with Gasteiger partial charge in [0.1, 0.15) is 11.1 Å². The summed E-state index contributed by atoms with van der Waals surface area (Å²) in [5, 5.41) is 4.31. The highest BCUT2D eigenvalue weighted by atomic mass is 32.1. The number of nitrogens with one attached hydrogen (secondary N) is 1. The van der Waals surface area contributed by atoms with Crippen molar-refractivity contribution in [2.45, 2.75) is 39.8 Å². The maximum absolute atomic E-state index is 5.54. The van der Waals surface area contributed by atoms with Crippen LogP contribution in [0.15, 0.2) is 0 Å². The van der Waals surface area contributed by atoms with Crippen molar-refractivity contribution in [2.75, 3.05) is 13.7 Å². The van der Waals surface area contributed by atoms with E-state index in [1.807, 2.05) is 14.0 Å². The van der Waals surface area contributed by atoms with Crippen LogP contribution in [0.4, 0.5) is 0 Å². The second-order valence-corrected chi connectivity index (χ2v) is 4.67. The van der Waals surface area contributed by atoms with Crippen molar-refractivity contribution in [1.29, 1.82) is 0 Å². The van der Waals surface area contributed by atoms with Crippen LogP contribution in [0.25, 0.3) is 0 Å². The Morgan fingerprint density at radius 3 is 2.67 bits per heavy atom. The molecule has 0 aromatic carbocycles. The van der Waals surface area contributed by atoms with Crippen molar-refractivity contribution < 1.29 is 4.74 Å². The minimum absolute atomic E-state index is 0.108. The van der Waals surface area contributed by atoms with Gasteiger partial charge in [0.2, 0.25) is 0 Å². The van der Waals surface area contributed by atoms with Gasteiger partial charge in [-0.25, -0.2) is 4.98 Å². The van der Waals surface area contributed by atoms with Crippen molar-refractivity contribution in [3.63, 3.8) is 0 Å². The maximum atomic E-state index is 5.54. The molecule has 3 nitrogen and oxygen atoms in total. The summed E-state index contributed by atoms with van der Waals surface area (Å²) in [6.07, 6.45) is 0.108. The van der Waals surface area contributed by atoms with E-state index in [2.05, 4.69) is 31.1 Å². The summed E-state index contributed by atoms with van der Waals surface area (Å²) >= 11 is 1.74. The molecule has 0 bridgehead atoms. The Balaban J connectivity index is 2.85. The van der Waals surface area contributed by atoms with Gasteiger partial charge in [0.25, 0.3) is 0 Å². The molecule has 0 spiro atoms. The molecule has 0 radical (unpaired) electrons. The first-order valence-corrected chi connectivity index (χ1v) is 6.17. The molecule has 4 heteroatoms. The first-order valence-electron chi connectivity index (χ1n) is 5.36. The molecular formula is C11H20N2OS. The first-order chi connectivity index (χ1) is 7.10. The number of ether oxygens (including phenoxy) is 1. The highest BCUT2D eigenvalue weighted by Gasteiger charge is 2.16. The van der Waals surface area contributed by atoms with Crippen LogP contribution >= 0.6 is 11.3 Å². The molecule has 0 amide bonds. The molecule has 1 heterocycles. The van der Waals surface area contributed by atoms with E-state index in [1.54, 1.807) is 11.3 Å². The van der Waals surface area contributed by atoms with Gasteiger partial charge in [0, 0.05) is 17.5 Å². The number of hydrogen-bond acceptors (Lipinski definition) is 4. The lowest BCUT2D eigenvalue weighted by Crippen LogP contribution is -2.11. The van der Waals surface area contributed by atoms with E-state index in [4.69, 9.17) is 4.74 Å². The minimum atomic E-state index is 0.108. The molecule has 1 aromatic rings. The van der Waals surface area contributed by atoms with E-state index in [0.29, 0.717) is 6.04 Å². The largest absolute Gasteiger partial charge is 0.372 e. The predicted octanol–water partition coefficient (Wildman–Crippen LogP) is 2.83. The summed E-state index contributed by atoms with van der Waals surface area (Å²) in [6, 6.07) is 0.366. The molecule has 0 saturated heterocycles. The highest BCUT2D eigenvalue weighted by Crippen LogP contribution is 2.29. The van der Waals surface area contributed by atoms with Crippen LogP contribution in [0.2, 0.25) is 0 Å². The number of nitrogens with zero attached hydrogens (tertiary/aromatic N) is 1. The fraction of sp³-hybridized carbons (Fsp3) is 0.727. The summed E-state index contributed by atoms with van der Waals surface area (Å²) < 4.78 is 5.54. The van der Waals surface area contributed by atoms with E-state index in [9.17, 15) is 0 Å². The fourth-order valence-electron chi connectivity index (χ4n) is 1.46. The average Bonchev–Trinajstić information content (AvgIpc) is 2.60. The van der Waals surface area contributed by atoms with Gasteiger partial charge in [-0.05, 0) is 34.7 Å². The molecule has 86 valence electrons. The van der Waals surface area contributed by atoms with Gasteiger partial charge in [0.05, 0.1) is 5.69 Å². The molecule has 1 rings (SSSR count). The van der Waals surface area contributed by atoms with Crippen molar-refractivity contribution in [2.24, 2.45) is 0 Å². The molecule has 0 aliphatic rings. The number of aryl methyl sites for hydroxylation is 1. The van der Waals surface area contributed by atoms with E-state index in [0.717, 1.165) is 17.3 Å². The summed E-state index contributed by atoms with van der Waals surface area (Å²) in [5.74, 6) is 0. The van der Waals surface area contributed by atoms with Gasteiger partial charge in [-0.15, -0.1) is 11.3 Å². The molecule has 15 heavy (non-hydrogen) atoms. The number of aromatic nitrogens is 1. The molecule has 0 fully saturated rings. The molecule has 0 aliphatic carbocycles. The predicted molar refractivity (Wildman–Crippen MR) is 64.4 cm³/mol. The Morgan fingerprint density at radius 2 is 2.13 bits per heavy atom. The fourth-order valence-corrected chi connectivity index (χ4v) is 2.59. The van der Waals surface area contributed by atoms with Gasteiger partial charge >= 0.3 is 0 Å². The summed E-state index contributed by atoms with van der Waals surface area (Å²) in [4.78, 5) is 5.86. The molecule has 0 saturated carbocycles. The Bertz CT molecular complexity index is 312. The van der Waals surface area contributed by atoms with Gasteiger partial charge in [-0.3, -0.25) is 0 Å². The second kappa shape index (κ2) is 5.58. The van der Waals surface area contributed by atoms with Crippen molar-refractivity contribution >= 4 is 11.3 Å². The summed E-state index contributed by atoms with van der Waals surface area (Å²) in [7, 11) is 1.97. The van der Waals surface area contributed by atoms with Gasteiger partial charge in [-0.1, -0.05) is 0 Å². The number of thiazole rings is 1. The lowest BCUT2D eigenvalue weighted by molar-refractivity contribution is 0.0761. The van der Waals surface area contributed by atoms with Gasteiger partial charge in [-0.2, -0.15) is 0 Å². The van der Waals surface area contributed by atoms with Gasteiger partial charge < -0.3 is 10.1 Å². The zero-order valence-electron chi connectivity index (χ0n) is 10.1. The molecular weight excluding hydrogens is 208 g/mol. The second-order valence-electron chi connectivity index (χ2n) is 3.61. The maximum Gasteiger partial charge on any atom is 0.122 e. The van der Waals surface area contributed by atoms with Crippen LogP contribution in [-0.2, 0) is 4.74 Å². The molecule has 2 unspecified atom stereocenters. The van der Waals surface area contributed by atoms with Crippen LogP contribution in [0.3, 0.4) is 0 Å². The standard InChI is InChI=1S/C11H20N2OS/c1-6-14-9(4)11-13-8(3)10(15-11)7(2)12-5/h7,9,12H,6H2,1-5H3. The zero-order chi connectivity index (χ0) is 11.4. The first kappa shape index (κ1) is 12.6. The molecule has 1 N–H and O–H groups in total. The monoisotopic (exact) mass is 228 g/mol. The molecule has 1 aromatic heterocycles. The summed E-state index contributed by atoms with van der Waals surface area (Å²) in [5.41, 5.74) is 1.11. The third-order valence-electron chi connectivity index (χ3n) is 2.44. The van der Waals surface area contributed by atoms with Crippen molar-refractivity contribution in [3.8, 4) is 0 Å². The smallest absolute Gasteiger partial charge is 0.122 e. The lowest BCUT2D eigenvalue weighted by atomic mass is 10.2. The Kier molecular flexibility index (Phi) is 4.70. The van der Waals surface area contributed by atoms with Crippen LogP contribution in [0, 0.1) is 6.92 Å². The van der Waals surface area contributed by atoms with Crippen molar-refractivity contribution in [1.82, 2.24) is 10.3 Å². The average molecular weight is 228 g/mol. The van der Waals surface area contributed by atoms with E-state index in [1.165, 1.54) is 4.88 Å². The zero-order valence-corrected chi connectivity index (χ0v) is 10.9. The van der Waals surface area contributed by atoms with Gasteiger partial charge in [0.15, 0.2) is 0 Å². The third kappa shape index (κ3) is 3.00. The molecule has 2 atom stereocenters. The van der Waals surface area contributed by atoms with E-state index in [-0.39, 0.29) is 6.10 Å². The third-order valence-corrected chi connectivity index (χ3v) is 3.94. The minimum Gasteiger partial charge on any atom is -0.372 e. The molecule has 0 aliphatic heterocycles. The Labute approximate surface area is 95.9 Å². The summed E-state index contributed by atoms with van der Waals surface area (Å²) in [6.45, 7) is 9.00. The normalized spacial score (nSPS) is 15.3. The van der Waals surface area contributed by atoms with Crippen LogP contribution in [-0.4, -0.2) is 18.6 Å². The van der Waals surface area contributed by atoms with Crippen molar-refractivity contribution in [3.05, 3.63) is 15.6 Å². The van der Waals surface area contributed by atoms with E-state index >= 15 is 0 Å². The van der Waals surface area contributed by atoms with Crippen LogP contribution in [0.5, 0.6) is 0 Å². The lowest BCUT2D eigenvalue weighted by Gasteiger charge is -2.08. The number of rotatable bonds is 5. The Hall–Kier alpha value is -0.450. The Morgan fingerprint density at radius 1 is 1.47 bits per heavy atom. The highest BCUT2D eigenvalue weighted by molar-refractivity contribution is 7.11. The SMILES string of the molecule is CCOC(C)c1nc(C)c(C(C)NC)s1. The van der Waals surface area contributed by atoms with Crippen LogP contribution < -0.4 is 5.32 Å². The van der Waals surface area contributed by atoms with E-state index < -0.39 is 0 Å².